The summed E-state index contributed by atoms with van der Waals surface area (Å²) in [6, 6.07) is 14.7. The van der Waals surface area contributed by atoms with Gasteiger partial charge < -0.3 is 9.47 Å². The number of carbonyl (C=O) groups is 2. The maximum Gasteiger partial charge on any atom is 0.316 e. The SMILES string of the molecule is Cc1c(OC(=O)Cc2cccs2)ccc2c1O/C(=C\c1cccc(Br)c1)C2=O. The fourth-order valence-corrected chi connectivity index (χ4v) is 4.05. The summed E-state index contributed by atoms with van der Waals surface area (Å²) < 4.78 is 12.2. The molecule has 28 heavy (non-hydrogen) atoms. The monoisotopic (exact) mass is 454 g/mol. The number of Topliss-reactive ketones (excluding diaryl/α,β-unsaturated/α-hetero) is 1. The van der Waals surface area contributed by atoms with Gasteiger partial charge in [0.25, 0.3) is 0 Å². The molecule has 0 amide bonds. The van der Waals surface area contributed by atoms with Crippen molar-refractivity contribution in [1.29, 1.82) is 0 Å². The van der Waals surface area contributed by atoms with Crippen molar-refractivity contribution in [2.75, 3.05) is 0 Å². The third-order valence-corrected chi connectivity index (χ3v) is 5.68. The lowest BCUT2D eigenvalue weighted by molar-refractivity contribution is -0.133. The van der Waals surface area contributed by atoms with Crippen molar-refractivity contribution in [3.8, 4) is 11.5 Å². The minimum absolute atomic E-state index is 0.186. The van der Waals surface area contributed by atoms with E-state index in [-0.39, 0.29) is 23.9 Å². The van der Waals surface area contributed by atoms with Crippen LogP contribution < -0.4 is 9.47 Å². The van der Waals surface area contributed by atoms with Crippen LogP contribution in [0, 0.1) is 6.92 Å². The largest absolute Gasteiger partial charge is 0.452 e. The van der Waals surface area contributed by atoms with Gasteiger partial charge in [0.05, 0.1) is 12.0 Å². The van der Waals surface area contributed by atoms with E-state index >= 15 is 0 Å². The number of halogens is 1. The summed E-state index contributed by atoms with van der Waals surface area (Å²) in [5.41, 5.74) is 1.95. The summed E-state index contributed by atoms with van der Waals surface area (Å²) in [6.45, 7) is 1.78. The first-order chi connectivity index (χ1) is 13.5. The molecule has 1 aliphatic rings. The Morgan fingerprint density at radius 1 is 1.21 bits per heavy atom. The number of esters is 1. The predicted molar refractivity (Wildman–Crippen MR) is 112 cm³/mol. The number of fused-ring (bicyclic) bond motifs is 1. The van der Waals surface area contributed by atoms with Gasteiger partial charge in [-0.05, 0) is 54.3 Å². The molecule has 0 saturated carbocycles. The standard InChI is InChI=1S/C22H15BrO4S/c1-13-18(26-20(24)12-16-6-3-9-28-16)8-7-17-21(25)19(27-22(13)17)11-14-4-2-5-15(23)10-14/h2-11H,12H2,1H3/b19-11-. The average molecular weight is 455 g/mol. The summed E-state index contributed by atoms with van der Waals surface area (Å²) in [4.78, 5) is 25.8. The van der Waals surface area contributed by atoms with Crippen LogP contribution in [0.4, 0.5) is 0 Å². The molecule has 0 radical (unpaired) electrons. The van der Waals surface area contributed by atoms with E-state index in [0.29, 0.717) is 22.6 Å². The van der Waals surface area contributed by atoms with Crippen LogP contribution >= 0.6 is 27.3 Å². The van der Waals surface area contributed by atoms with Crippen molar-refractivity contribution in [3.05, 3.63) is 85.7 Å². The lowest BCUT2D eigenvalue weighted by atomic mass is 10.1. The maximum atomic E-state index is 12.7. The number of benzene rings is 2. The second kappa shape index (κ2) is 7.73. The van der Waals surface area contributed by atoms with Gasteiger partial charge in [0.2, 0.25) is 5.78 Å². The summed E-state index contributed by atoms with van der Waals surface area (Å²) in [5, 5.41) is 1.92. The lowest BCUT2D eigenvalue weighted by Crippen LogP contribution is -2.11. The number of thiophene rings is 1. The van der Waals surface area contributed by atoms with Crippen LogP contribution in [-0.4, -0.2) is 11.8 Å². The van der Waals surface area contributed by atoms with Crippen LogP contribution in [0.3, 0.4) is 0 Å². The number of allylic oxidation sites excluding steroid dienone is 1. The molecule has 0 bridgehead atoms. The Hall–Kier alpha value is -2.70. The molecule has 4 nitrogen and oxygen atoms in total. The van der Waals surface area contributed by atoms with E-state index in [2.05, 4.69) is 15.9 Å². The number of rotatable bonds is 4. The quantitative estimate of drug-likeness (QED) is 0.293. The first kappa shape index (κ1) is 18.7. The first-order valence-corrected chi connectivity index (χ1v) is 10.2. The number of carbonyl (C=O) groups excluding carboxylic acids is 2. The molecular formula is C22H15BrO4S. The van der Waals surface area contributed by atoms with E-state index in [1.807, 2.05) is 41.8 Å². The zero-order valence-electron chi connectivity index (χ0n) is 14.9. The van der Waals surface area contributed by atoms with Gasteiger partial charge >= 0.3 is 5.97 Å². The number of hydrogen-bond donors (Lipinski definition) is 0. The van der Waals surface area contributed by atoms with Gasteiger partial charge in [-0.2, -0.15) is 0 Å². The van der Waals surface area contributed by atoms with Crippen LogP contribution in [0.5, 0.6) is 11.5 Å². The third-order valence-electron chi connectivity index (χ3n) is 4.31. The van der Waals surface area contributed by atoms with Gasteiger partial charge in [0, 0.05) is 14.9 Å². The number of ketones is 1. The Morgan fingerprint density at radius 2 is 2.07 bits per heavy atom. The van der Waals surface area contributed by atoms with Crippen LogP contribution in [0.25, 0.3) is 6.08 Å². The predicted octanol–water partition coefficient (Wildman–Crippen LogP) is 5.58. The smallest absolute Gasteiger partial charge is 0.316 e. The average Bonchev–Trinajstić information content (AvgIpc) is 3.27. The van der Waals surface area contributed by atoms with E-state index in [4.69, 9.17) is 9.47 Å². The van der Waals surface area contributed by atoms with Gasteiger partial charge in [-0.15, -0.1) is 11.3 Å². The molecule has 2 heterocycles. The van der Waals surface area contributed by atoms with Gasteiger partial charge in [-0.1, -0.05) is 34.1 Å². The molecule has 0 spiro atoms. The van der Waals surface area contributed by atoms with E-state index < -0.39 is 0 Å². The first-order valence-electron chi connectivity index (χ1n) is 8.58. The highest BCUT2D eigenvalue weighted by Crippen LogP contribution is 2.39. The molecule has 1 aliphatic heterocycles. The highest BCUT2D eigenvalue weighted by atomic mass is 79.9. The molecule has 3 aromatic rings. The molecular weight excluding hydrogens is 440 g/mol. The van der Waals surface area contributed by atoms with Crippen molar-refractivity contribution in [3.63, 3.8) is 0 Å². The number of ether oxygens (including phenoxy) is 2. The highest BCUT2D eigenvalue weighted by molar-refractivity contribution is 9.10. The minimum Gasteiger partial charge on any atom is -0.452 e. The van der Waals surface area contributed by atoms with E-state index in [9.17, 15) is 9.59 Å². The van der Waals surface area contributed by atoms with Gasteiger partial charge in [0.15, 0.2) is 5.76 Å². The highest BCUT2D eigenvalue weighted by Gasteiger charge is 2.30. The Balaban J connectivity index is 1.57. The second-order valence-electron chi connectivity index (χ2n) is 6.29. The topological polar surface area (TPSA) is 52.6 Å². The second-order valence-corrected chi connectivity index (χ2v) is 8.24. The summed E-state index contributed by atoms with van der Waals surface area (Å²) in [7, 11) is 0. The van der Waals surface area contributed by atoms with Crippen molar-refractivity contribution >= 4 is 45.1 Å². The van der Waals surface area contributed by atoms with E-state index in [1.165, 1.54) is 11.3 Å². The molecule has 1 aromatic heterocycles. The third kappa shape index (κ3) is 3.79. The molecule has 0 aliphatic carbocycles. The summed E-state index contributed by atoms with van der Waals surface area (Å²) in [5.74, 6) is 0.553. The Morgan fingerprint density at radius 3 is 2.82 bits per heavy atom. The van der Waals surface area contributed by atoms with Crippen molar-refractivity contribution in [2.45, 2.75) is 13.3 Å². The molecule has 6 heteroatoms. The normalized spacial score (nSPS) is 14.1. The molecule has 0 fully saturated rings. The van der Waals surface area contributed by atoms with Crippen LogP contribution in [0.2, 0.25) is 0 Å². The zero-order valence-corrected chi connectivity index (χ0v) is 17.3. The molecule has 0 N–H and O–H groups in total. The van der Waals surface area contributed by atoms with Crippen LogP contribution in [0.1, 0.15) is 26.4 Å². The molecule has 0 unspecified atom stereocenters. The van der Waals surface area contributed by atoms with Gasteiger partial charge in [-0.25, -0.2) is 0 Å². The summed E-state index contributed by atoms with van der Waals surface area (Å²) in [6.07, 6.45) is 1.91. The molecule has 0 saturated heterocycles. The Bertz CT molecular complexity index is 1100. The Kier molecular flexibility index (Phi) is 5.15. The van der Waals surface area contributed by atoms with Crippen molar-refractivity contribution in [2.24, 2.45) is 0 Å². The zero-order chi connectivity index (χ0) is 19.7. The van der Waals surface area contributed by atoms with Crippen molar-refractivity contribution in [1.82, 2.24) is 0 Å². The van der Waals surface area contributed by atoms with Crippen molar-refractivity contribution < 1.29 is 19.1 Å². The number of hydrogen-bond acceptors (Lipinski definition) is 5. The fraction of sp³-hybridized carbons (Fsp3) is 0.0909. The van der Waals surface area contributed by atoms with Crippen LogP contribution in [0.15, 0.2) is 64.1 Å². The minimum atomic E-state index is -0.347. The van der Waals surface area contributed by atoms with Gasteiger partial charge in [-0.3, -0.25) is 9.59 Å². The van der Waals surface area contributed by atoms with E-state index in [1.54, 1.807) is 25.1 Å². The van der Waals surface area contributed by atoms with Gasteiger partial charge in [0.1, 0.15) is 11.5 Å². The molecule has 140 valence electrons. The van der Waals surface area contributed by atoms with E-state index in [0.717, 1.165) is 14.9 Å². The molecule has 2 aromatic carbocycles. The van der Waals surface area contributed by atoms with Crippen LogP contribution in [-0.2, 0) is 11.2 Å². The molecule has 4 rings (SSSR count). The lowest BCUT2D eigenvalue weighted by Gasteiger charge is -2.09. The summed E-state index contributed by atoms with van der Waals surface area (Å²) >= 11 is 4.92. The fourth-order valence-electron chi connectivity index (χ4n) is 2.94. The Labute approximate surface area is 174 Å². The maximum absolute atomic E-state index is 12.7. The molecule has 0 atom stereocenters.